The molecule has 1 aliphatic carbocycles. The fourth-order valence-electron chi connectivity index (χ4n) is 3.11. The van der Waals surface area contributed by atoms with E-state index in [1.165, 1.54) is 12.8 Å². The molecule has 0 amide bonds. The lowest BCUT2D eigenvalue weighted by molar-refractivity contribution is -0.100. The number of hydrogen-bond acceptors (Lipinski definition) is 3. The number of aliphatic hydroxyl groups excluding tert-OH is 1. The van der Waals surface area contributed by atoms with Crippen molar-refractivity contribution in [2.45, 2.75) is 70.2 Å². The highest BCUT2D eigenvalue weighted by atomic mass is 16.5. The average Bonchev–Trinajstić information content (AvgIpc) is 2.29. The highest BCUT2D eigenvalue weighted by molar-refractivity contribution is 4.89. The van der Waals surface area contributed by atoms with Crippen LogP contribution in [-0.2, 0) is 4.74 Å². The lowest BCUT2D eigenvalue weighted by atomic mass is 9.89. The molecule has 0 aromatic carbocycles. The van der Waals surface area contributed by atoms with Crippen molar-refractivity contribution in [1.29, 1.82) is 0 Å². The van der Waals surface area contributed by atoms with E-state index in [0.717, 1.165) is 32.4 Å². The van der Waals surface area contributed by atoms with Gasteiger partial charge in [0.2, 0.25) is 0 Å². The summed E-state index contributed by atoms with van der Waals surface area (Å²) in [5.74, 6) is 0. The van der Waals surface area contributed by atoms with Crippen molar-refractivity contribution in [3.05, 3.63) is 0 Å². The second-order valence-electron chi connectivity index (χ2n) is 5.32. The number of hydrogen-bond donors (Lipinski definition) is 1. The zero-order chi connectivity index (χ0) is 11.5. The number of ether oxygens (including phenoxy) is 1. The molecule has 3 nitrogen and oxygen atoms in total. The van der Waals surface area contributed by atoms with Crippen molar-refractivity contribution < 1.29 is 9.84 Å². The van der Waals surface area contributed by atoms with Crippen LogP contribution in [0.5, 0.6) is 0 Å². The van der Waals surface area contributed by atoms with Gasteiger partial charge in [0.1, 0.15) is 0 Å². The molecule has 0 bridgehead atoms. The van der Waals surface area contributed by atoms with E-state index in [0.29, 0.717) is 18.2 Å². The summed E-state index contributed by atoms with van der Waals surface area (Å²) < 4.78 is 5.71. The Morgan fingerprint density at radius 3 is 2.75 bits per heavy atom. The Balaban J connectivity index is 2.02. The van der Waals surface area contributed by atoms with Crippen molar-refractivity contribution in [1.82, 2.24) is 4.90 Å². The van der Waals surface area contributed by atoms with Gasteiger partial charge in [-0.2, -0.15) is 0 Å². The van der Waals surface area contributed by atoms with Gasteiger partial charge in [0.15, 0.2) is 0 Å². The molecule has 1 aliphatic heterocycles. The Morgan fingerprint density at radius 2 is 2.06 bits per heavy atom. The summed E-state index contributed by atoms with van der Waals surface area (Å²) >= 11 is 0. The maximum Gasteiger partial charge on any atom is 0.0695 e. The van der Waals surface area contributed by atoms with Gasteiger partial charge in [-0.15, -0.1) is 0 Å². The van der Waals surface area contributed by atoms with Gasteiger partial charge in [0, 0.05) is 18.6 Å². The van der Waals surface area contributed by atoms with E-state index in [-0.39, 0.29) is 6.10 Å². The minimum absolute atomic E-state index is 0.118. The molecule has 1 saturated carbocycles. The molecule has 3 heteroatoms. The molecule has 94 valence electrons. The molecule has 1 N–H and O–H groups in total. The molecule has 16 heavy (non-hydrogen) atoms. The first-order valence-corrected chi connectivity index (χ1v) is 6.77. The molecule has 0 aromatic rings. The van der Waals surface area contributed by atoms with Crippen LogP contribution in [0.3, 0.4) is 0 Å². The van der Waals surface area contributed by atoms with E-state index < -0.39 is 0 Å². The van der Waals surface area contributed by atoms with Crippen LogP contribution in [0, 0.1) is 0 Å². The van der Waals surface area contributed by atoms with Crippen molar-refractivity contribution in [2.75, 3.05) is 13.2 Å². The maximum absolute atomic E-state index is 10.1. The summed E-state index contributed by atoms with van der Waals surface area (Å²) in [4.78, 5) is 2.51. The smallest absolute Gasteiger partial charge is 0.0695 e. The quantitative estimate of drug-likeness (QED) is 0.780. The summed E-state index contributed by atoms with van der Waals surface area (Å²) in [6.07, 6.45) is 5.91. The van der Waals surface area contributed by atoms with Crippen molar-refractivity contribution >= 4 is 0 Å². The highest BCUT2D eigenvalue weighted by Crippen LogP contribution is 2.28. The van der Waals surface area contributed by atoms with Gasteiger partial charge in [-0.3, -0.25) is 4.90 Å². The van der Waals surface area contributed by atoms with E-state index in [4.69, 9.17) is 4.74 Å². The molecule has 0 spiro atoms. The molecule has 2 unspecified atom stereocenters. The lowest BCUT2D eigenvalue weighted by Gasteiger charge is -2.46. The molecule has 1 heterocycles. The molecule has 4 atom stereocenters. The van der Waals surface area contributed by atoms with Crippen LogP contribution in [0.4, 0.5) is 0 Å². The first kappa shape index (κ1) is 12.3. The van der Waals surface area contributed by atoms with Gasteiger partial charge in [0.05, 0.1) is 18.8 Å². The molecule has 0 aromatic heterocycles. The van der Waals surface area contributed by atoms with Crippen LogP contribution in [0.15, 0.2) is 0 Å². The first-order valence-electron chi connectivity index (χ1n) is 6.77. The summed E-state index contributed by atoms with van der Waals surface area (Å²) in [5, 5.41) is 10.1. The maximum atomic E-state index is 10.1. The zero-order valence-corrected chi connectivity index (χ0v) is 10.6. The Hall–Kier alpha value is -0.120. The molecular formula is C13H25NO2. The van der Waals surface area contributed by atoms with E-state index in [9.17, 15) is 5.11 Å². The number of morpholine rings is 1. The third-order valence-electron chi connectivity index (χ3n) is 4.10. The topological polar surface area (TPSA) is 32.7 Å². The minimum Gasteiger partial charge on any atom is -0.391 e. The average molecular weight is 227 g/mol. The highest BCUT2D eigenvalue weighted by Gasteiger charge is 2.35. The van der Waals surface area contributed by atoms with Gasteiger partial charge in [0.25, 0.3) is 0 Å². The van der Waals surface area contributed by atoms with Crippen LogP contribution in [0.2, 0.25) is 0 Å². The summed E-state index contributed by atoms with van der Waals surface area (Å²) in [6, 6.07) is 0.888. The largest absolute Gasteiger partial charge is 0.391 e. The molecule has 2 rings (SSSR count). The van der Waals surface area contributed by atoms with E-state index in [2.05, 4.69) is 18.7 Å². The van der Waals surface area contributed by atoms with Gasteiger partial charge in [-0.25, -0.2) is 0 Å². The SMILES string of the molecule is CCC1COC(C)CN1[C@@H]1CCCC[C@H]1O. The predicted octanol–water partition coefficient (Wildman–Crippen LogP) is 1.79. The monoisotopic (exact) mass is 227 g/mol. The molecular weight excluding hydrogens is 202 g/mol. The standard InChI is InChI=1S/C13H25NO2/c1-3-11-9-16-10(2)8-14(11)12-6-4-5-7-13(12)15/h10-13,15H,3-9H2,1-2H3/t10?,11?,12-,13-/m1/s1. The molecule has 0 radical (unpaired) electrons. The van der Waals surface area contributed by atoms with Crippen molar-refractivity contribution in [3.63, 3.8) is 0 Å². The van der Waals surface area contributed by atoms with Gasteiger partial charge in [-0.1, -0.05) is 19.8 Å². The van der Waals surface area contributed by atoms with Crippen LogP contribution in [0.25, 0.3) is 0 Å². The summed E-state index contributed by atoms with van der Waals surface area (Å²) in [5.41, 5.74) is 0. The van der Waals surface area contributed by atoms with Crippen LogP contribution in [0.1, 0.15) is 46.0 Å². The first-order chi connectivity index (χ1) is 7.72. The summed E-state index contributed by atoms with van der Waals surface area (Å²) in [6.45, 7) is 6.17. The third-order valence-corrected chi connectivity index (χ3v) is 4.10. The van der Waals surface area contributed by atoms with Crippen LogP contribution in [-0.4, -0.2) is 47.4 Å². The van der Waals surface area contributed by atoms with E-state index in [1.807, 2.05) is 0 Å². The number of aliphatic hydroxyl groups is 1. The van der Waals surface area contributed by atoms with Crippen molar-refractivity contribution in [2.24, 2.45) is 0 Å². The minimum atomic E-state index is -0.118. The van der Waals surface area contributed by atoms with E-state index in [1.54, 1.807) is 0 Å². The summed E-state index contributed by atoms with van der Waals surface area (Å²) in [7, 11) is 0. The van der Waals surface area contributed by atoms with E-state index >= 15 is 0 Å². The number of nitrogens with zero attached hydrogens (tertiary/aromatic N) is 1. The Bertz CT molecular complexity index is 222. The van der Waals surface area contributed by atoms with Gasteiger partial charge < -0.3 is 9.84 Å². The van der Waals surface area contributed by atoms with Gasteiger partial charge in [-0.05, 0) is 26.2 Å². The Kier molecular flexibility index (Phi) is 4.22. The number of rotatable bonds is 2. The van der Waals surface area contributed by atoms with Gasteiger partial charge >= 0.3 is 0 Å². The molecule has 2 aliphatic rings. The van der Waals surface area contributed by atoms with Crippen molar-refractivity contribution in [3.8, 4) is 0 Å². The van der Waals surface area contributed by atoms with Crippen LogP contribution < -0.4 is 0 Å². The predicted molar refractivity (Wildman–Crippen MR) is 64.5 cm³/mol. The fraction of sp³-hybridized carbons (Fsp3) is 1.00. The second-order valence-corrected chi connectivity index (χ2v) is 5.32. The third kappa shape index (κ3) is 2.58. The normalized spacial score (nSPS) is 42.2. The second kappa shape index (κ2) is 5.48. The zero-order valence-electron chi connectivity index (χ0n) is 10.6. The fourth-order valence-corrected chi connectivity index (χ4v) is 3.11. The Morgan fingerprint density at radius 1 is 1.31 bits per heavy atom. The molecule has 2 fully saturated rings. The Labute approximate surface area is 98.8 Å². The molecule has 1 saturated heterocycles. The van der Waals surface area contributed by atoms with Crippen LogP contribution >= 0.6 is 0 Å². The lowest BCUT2D eigenvalue weighted by Crippen LogP contribution is -2.57.